The molecule has 4 N–H and O–H groups in total. The first kappa shape index (κ1) is 11.3. The van der Waals surface area contributed by atoms with Gasteiger partial charge in [0.1, 0.15) is 0 Å². The minimum atomic E-state index is -0.341. The van der Waals surface area contributed by atoms with Crippen LogP contribution in [-0.4, -0.2) is 21.2 Å². The van der Waals surface area contributed by atoms with Crippen LogP contribution >= 0.6 is 12.2 Å². The zero-order valence-electron chi connectivity index (χ0n) is 8.86. The molecule has 17 heavy (non-hydrogen) atoms. The van der Waals surface area contributed by atoms with Gasteiger partial charge in [-0.25, -0.2) is 4.79 Å². The van der Waals surface area contributed by atoms with E-state index < -0.39 is 0 Å². The topological polar surface area (TPSA) is 85.6 Å². The molecule has 0 spiro atoms. The molecule has 1 heterocycles. The molecule has 0 aliphatic carbocycles. The Kier molecular flexibility index (Phi) is 3.51. The molecule has 88 valence electrons. The number of anilines is 1. The molecule has 1 aromatic heterocycles. The van der Waals surface area contributed by atoms with Crippen LogP contribution in [0, 0.1) is 4.77 Å². The van der Waals surface area contributed by atoms with Crippen molar-refractivity contribution < 1.29 is 4.79 Å². The SMILES string of the molecule is O=C(NCc1ccccc1)Nc1nc(=S)[nH][nH]1. The van der Waals surface area contributed by atoms with Crippen LogP contribution in [0.3, 0.4) is 0 Å². The van der Waals surface area contributed by atoms with Crippen molar-refractivity contribution in [1.82, 2.24) is 20.5 Å². The van der Waals surface area contributed by atoms with Crippen molar-refractivity contribution in [3.05, 3.63) is 40.7 Å². The van der Waals surface area contributed by atoms with Gasteiger partial charge in [-0.2, -0.15) is 4.98 Å². The summed E-state index contributed by atoms with van der Waals surface area (Å²) in [5.74, 6) is 0.292. The highest BCUT2D eigenvalue weighted by atomic mass is 32.1. The number of H-pyrrole nitrogens is 2. The van der Waals surface area contributed by atoms with Gasteiger partial charge in [0.25, 0.3) is 0 Å². The van der Waals surface area contributed by atoms with Gasteiger partial charge in [-0.3, -0.25) is 15.5 Å². The lowest BCUT2D eigenvalue weighted by Crippen LogP contribution is -2.28. The van der Waals surface area contributed by atoms with Crippen molar-refractivity contribution in [3.63, 3.8) is 0 Å². The first-order valence-electron chi connectivity index (χ1n) is 4.97. The minimum absolute atomic E-state index is 0.292. The Morgan fingerprint density at radius 1 is 1.29 bits per heavy atom. The Balaban J connectivity index is 1.84. The van der Waals surface area contributed by atoms with Gasteiger partial charge in [-0.15, -0.1) is 0 Å². The number of amides is 2. The van der Waals surface area contributed by atoms with E-state index in [2.05, 4.69) is 25.8 Å². The molecule has 0 aliphatic heterocycles. The number of rotatable bonds is 3. The van der Waals surface area contributed by atoms with Gasteiger partial charge in [0.05, 0.1) is 0 Å². The quantitative estimate of drug-likeness (QED) is 0.625. The summed E-state index contributed by atoms with van der Waals surface area (Å²) in [7, 11) is 0. The van der Waals surface area contributed by atoms with Crippen LogP contribution in [0.2, 0.25) is 0 Å². The number of aromatic nitrogens is 3. The molecule has 1 aromatic carbocycles. The number of carbonyl (C=O) groups is 1. The van der Waals surface area contributed by atoms with Crippen molar-refractivity contribution in [2.24, 2.45) is 0 Å². The molecule has 0 radical (unpaired) electrons. The fourth-order valence-corrected chi connectivity index (χ4v) is 1.40. The van der Waals surface area contributed by atoms with Crippen molar-refractivity contribution in [3.8, 4) is 0 Å². The fourth-order valence-electron chi connectivity index (χ4n) is 1.26. The molecule has 0 bridgehead atoms. The Labute approximate surface area is 102 Å². The average Bonchev–Trinajstić information content (AvgIpc) is 2.73. The number of nitrogens with one attached hydrogen (secondary N) is 4. The number of benzene rings is 1. The molecule has 0 atom stereocenters. The van der Waals surface area contributed by atoms with Crippen LogP contribution in [0.5, 0.6) is 0 Å². The first-order valence-corrected chi connectivity index (χ1v) is 5.38. The maximum Gasteiger partial charge on any atom is 0.321 e. The molecule has 0 unspecified atom stereocenters. The maximum absolute atomic E-state index is 11.5. The molecule has 0 saturated heterocycles. The molecule has 2 amide bonds. The van der Waals surface area contributed by atoms with E-state index in [-0.39, 0.29) is 6.03 Å². The monoisotopic (exact) mass is 249 g/mol. The van der Waals surface area contributed by atoms with E-state index in [1.54, 1.807) is 0 Å². The number of aromatic amines is 2. The van der Waals surface area contributed by atoms with E-state index in [1.165, 1.54) is 0 Å². The Bertz CT molecular complexity index is 547. The van der Waals surface area contributed by atoms with Gasteiger partial charge in [-0.05, 0) is 17.8 Å². The lowest BCUT2D eigenvalue weighted by atomic mass is 10.2. The van der Waals surface area contributed by atoms with E-state index in [4.69, 9.17) is 12.2 Å². The standard InChI is InChI=1S/C10H11N5OS/c16-9(12-8-13-10(17)15-14-8)11-6-7-4-2-1-3-5-7/h1-5H,6H2,(H4,11,12,13,14,15,16,17). The van der Waals surface area contributed by atoms with E-state index >= 15 is 0 Å². The second-order valence-electron chi connectivity index (χ2n) is 3.31. The van der Waals surface area contributed by atoms with Gasteiger partial charge in [0.15, 0.2) is 0 Å². The number of urea groups is 1. The molecule has 0 saturated carbocycles. The molecule has 2 aromatic rings. The maximum atomic E-state index is 11.5. The van der Waals surface area contributed by atoms with Gasteiger partial charge >= 0.3 is 6.03 Å². The van der Waals surface area contributed by atoms with Gasteiger partial charge in [0.2, 0.25) is 10.7 Å². The summed E-state index contributed by atoms with van der Waals surface area (Å²) in [6, 6.07) is 9.28. The number of hydrogen-bond acceptors (Lipinski definition) is 3. The number of carbonyl (C=O) groups excluding carboxylic acids is 1. The van der Waals surface area contributed by atoms with Crippen LogP contribution in [-0.2, 0) is 6.54 Å². The summed E-state index contributed by atoms with van der Waals surface area (Å²) in [6.07, 6.45) is 0. The van der Waals surface area contributed by atoms with Crippen LogP contribution in [0.15, 0.2) is 30.3 Å². The fraction of sp³-hybridized carbons (Fsp3) is 0.100. The largest absolute Gasteiger partial charge is 0.334 e. The smallest absolute Gasteiger partial charge is 0.321 e. The lowest BCUT2D eigenvalue weighted by Gasteiger charge is -2.04. The van der Waals surface area contributed by atoms with E-state index in [1.807, 2.05) is 30.3 Å². The van der Waals surface area contributed by atoms with Gasteiger partial charge < -0.3 is 5.32 Å². The zero-order valence-corrected chi connectivity index (χ0v) is 9.67. The average molecular weight is 249 g/mol. The third-order valence-corrected chi connectivity index (χ3v) is 2.22. The Morgan fingerprint density at radius 3 is 2.71 bits per heavy atom. The second-order valence-corrected chi connectivity index (χ2v) is 3.70. The predicted molar refractivity (Wildman–Crippen MR) is 66.1 cm³/mol. The summed E-state index contributed by atoms with van der Waals surface area (Å²) >= 11 is 4.76. The normalized spacial score (nSPS) is 9.88. The molecule has 7 heteroatoms. The third-order valence-electron chi connectivity index (χ3n) is 2.03. The summed E-state index contributed by atoms with van der Waals surface area (Å²) in [6.45, 7) is 0.456. The highest BCUT2D eigenvalue weighted by Gasteiger charge is 2.03. The van der Waals surface area contributed by atoms with Crippen LogP contribution in [0.4, 0.5) is 10.7 Å². The highest BCUT2D eigenvalue weighted by Crippen LogP contribution is 1.98. The first-order chi connectivity index (χ1) is 8.24. The molecule has 2 rings (SSSR count). The number of hydrogen-bond donors (Lipinski definition) is 4. The van der Waals surface area contributed by atoms with Gasteiger partial charge in [-0.1, -0.05) is 30.3 Å². The second kappa shape index (κ2) is 5.26. The predicted octanol–water partition coefficient (Wildman–Crippen LogP) is 1.79. The van der Waals surface area contributed by atoms with Crippen molar-refractivity contribution >= 4 is 24.2 Å². The molecule has 0 aliphatic rings. The highest BCUT2D eigenvalue weighted by molar-refractivity contribution is 7.71. The van der Waals surface area contributed by atoms with E-state index in [0.29, 0.717) is 17.3 Å². The summed E-state index contributed by atoms with van der Waals surface area (Å²) in [5, 5.41) is 10.4. The van der Waals surface area contributed by atoms with Crippen LogP contribution in [0.1, 0.15) is 5.56 Å². The van der Waals surface area contributed by atoms with E-state index in [9.17, 15) is 4.79 Å². The summed E-state index contributed by atoms with van der Waals surface area (Å²) in [5.41, 5.74) is 1.03. The van der Waals surface area contributed by atoms with Crippen molar-refractivity contribution in [2.75, 3.05) is 5.32 Å². The number of nitrogens with zero attached hydrogens (tertiary/aromatic N) is 1. The van der Waals surface area contributed by atoms with Crippen LogP contribution in [0.25, 0.3) is 0 Å². The van der Waals surface area contributed by atoms with Crippen molar-refractivity contribution in [2.45, 2.75) is 6.54 Å². The Hall–Kier alpha value is -2.15. The Morgan fingerprint density at radius 2 is 2.06 bits per heavy atom. The summed E-state index contributed by atoms with van der Waals surface area (Å²) < 4.78 is 0.295. The third kappa shape index (κ3) is 3.42. The van der Waals surface area contributed by atoms with E-state index in [0.717, 1.165) is 5.56 Å². The van der Waals surface area contributed by atoms with Gasteiger partial charge in [0, 0.05) is 6.54 Å². The van der Waals surface area contributed by atoms with Crippen LogP contribution < -0.4 is 10.6 Å². The molecule has 0 fully saturated rings. The van der Waals surface area contributed by atoms with Crippen molar-refractivity contribution in [1.29, 1.82) is 0 Å². The minimum Gasteiger partial charge on any atom is -0.334 e. The molecular weight excluding hydrogens is 238 g/mol. The molecular formula is C10H11N5OS. The molecule has 6 nitrogen and oxygen atoms in total. The zero-order chi connectivity index (χ0) is 12.1. The summed E-state index contributed by atoms with van der Waals surface area (Å²) in [4.78, 5) is 15.3. The lowest BCUT2D eigenvalue weighted by molar-refractivity contribution is 0.251.